The zero-order valence-electron chi connectivity index (χ0n) is 10.8. The van der Waals surface area contributed by atoms with Gasteiger partial charge in [-0.2, -0.15) is 0 Å². The van der Waals surface area contributed by atoms with Gasteiger partial charge in [0.2, 0.25) is 5.43 Å². The predicted octanol–water partition coefficient (Wildman–Crippen LogP) is 2.86. The van der Waals surface area contributed by atoms with Crippen LogP contribution in [0.15, 0.2) is 47.3 Å². The summed E-state index contributed by atoms with van der Waals surface area (Å²) in [6, 6.07) is 12.2. The van der Waals surface area contributed by atoms with Gasteiger partial charge in [0, 0.05) is 16.3 Å². The standard InChI is InChI=1S/C16H10N2O3/c19-15-8-4-1-2-7-11(8)17-13-9-5-3-6-10(16(20)21)12(9)18-14(13)15/h1-7,18H,(H,17,19)(H,20,21). The molecule has 0 saturated carbocycles. The molecule has 2 heterocycles. The average molecular weight is 278 g/mol. The summed E-state index contributed by atoms with van der Waals surface area (Å²) in [7, 11) is 0. The molecule has 0 aliphatic heterocycles. The first-order valence-corrected chi connectivity index (χ1v) is 6.45. The molecule has 21 heavy (non-hydrogen) atoms. The molecule has 0 fully saturated rings. The van der Waals surface area contributed by atoms with Crippen molar-refractivity contribution in [3.63, 3.8) is 0 Å². The Morgan fingerprint density at radius 3 is 2.43 bits per heavy atom. The van der Waals surface area contributed by atoms with E-state index in [1.54, 1.807) is 24.3 Å². The van der Waals surface area contributed by atoms with E-state index in [-0.39, 0.29) is 11.0 Å². The number of rotatable bonds is 1. The number of para-hydroxylation sites is 2. The van der Waals surface area contributed by atoms with E-state index in [4.69, 9.17) is 0 Å². The lowest BCUT2D eigenvalue weighted by atomic mass is 10.1. The normalized spacial score (nSPS) is 11.4. The lowest BCUT2D eigenvalue weighted by Gasteiger charge is -1.98. The molecule has 0 aliphatic rings. The zero-order chi connectivity index (χ0) is 14.6. The van der Waals surface area contributed by atoms with E-state index < -0.39 is 5.97 Å². The fourth-order valence-corrected chi connectivity index (χ4v) is 2.76. The van der Waals surface area contributed by atoms with Crippen molar-refractivity contribution in [1.29, 1.82) is 0 Å². The molecule has 5 nitrogen and oxygen atoms in total. The molecule has 2 aromatic heterocycles. The number of aromatic amines is 2. The van der Waals surface area contributed by atoms with Crippen LogP contribution in [0.4, 0.5) is 0 Å². The van der Waals surface area contributed by atoms with E-state index in [0.717, 1.165) is 5.52 Å². The van der Waals surface area contributed by atoms with Gasteiger partial charge in [-0.25, -0.2) is 4.79 Å². The molecule has 5 heteroatoms. The van der Waals surface area contributed by atoms with Crippen molar-refractivity contribution >= 4 is 38.8 Å². The van der Waals surface area contributed by atoms with Crippen LogP contribution in [0.3, 0.4) is 0 Å². The molecule has 0 amide bonds. The zero-order valence-corrected chi connectivity index (χ0v) is 10.8. The van der Waals surface area contributed by atoms with Crippen molar-refractivity contribution in [2.75, 3.05) is 0 Å². The van der Waals surface area contributed by atoms with Crippen molar-refractivity contribution in [2.24, 2.45) is 0 Å². The van der Waals surface area contributed by atoms with E-state index >= 15 is 0 Å². The summed E-state index contributed by atoms with van der Waals surface area (Å²) in [5.74, 6) is -1.02. The van der Waals surface area contributed by atoms with Gasteiger partial charge in [0.05, 0.1) is 16.6 Å². The molecule has 2 aromatic carbocycles. The number of pyridine rings is 1. The van der Waals surface area contributed by atoms with Gasteiger partial charge >= 0.3 is 5.97 Å². The molecular weight excluding hydrogens is 268 g/mol. The SMILES string of the molecule is O=C(O)c1cccc2c1[nH]c1c(=O)c3ccccc3[nH]c12. The van der Waals surface area contributed by atoms with E-state index in [1.807, 2.05) is 12.1 Å². The third kappa shape index (κ3) is 1.51. The molecule has 0 saturated heterocycles. The molecule has 0 aliphatic carbocycles. The summed E-state index contributed by atoms with van der Waals surface area (Å²) < 4.78 is 0. The maximum Gasteiger partial charge on any atom is 0.337 e. The number of carboxylic acids is 1. The Morgan fingerprint density at radius 2 is 1.62 bits per heavy atom. The maximum atomic E-state index is 12.5. The van der Waals surface area contributed by atoms with E-state index in [1.165, 1.54) is 6.07 Å². The fourth-order valence-electron chi connectivity index (χ4n) is 2.76. The summed E-state index contributed by atoms with van der Waals surface area (Å²) in [6.45, 7) is 0. The van der Waals surface area contributed by atoms with E-state index in [9.17, 15) is 14.7 Å². The Hall–Kier alpha value is -3.08. The largest absolute Gasteiger partial charge is 0.478 e. The highest BCUT2D eigenvalue weighted by Crippen LogP contribution is 2.26. The third-order valence-corrected chi connectivity index (χ3v) is 3.72. The van der Waals surface area contributed by atoms with Gasteiger partial charge in [-0.3, -0.25) is 4.79 Å². The van der Waals surface area contributed by atoms with Gasteiger partial charge in [-0.05, 0) is 18.2 Å². The minimum atomic E-state index is -1.02. The Labute approximate surface area is 117 Å². The second kappa shape index (κ2) is 3.96. The number of fused-ring (bicyclic) bond motifs is 4. The number of hydrogen-bond acceptors (Lipinski definition) is 2. The quantitative estimate of drug-likeness (QED) is 0.500. The second-order valence-electron chi connectivity index (χ2n) is 4.91. The fraction of sp³-hybridized carbons (Fsp3) is 0. The lowest BCUT2D eigenvalue weighted by Crippen LogP contribution is -2.03. The summed E-state index contributed by atoms with van der Waals surface area (Å²) in [5, 5.41) is 10.5. The first-order chi connectivity index (χ1) is 10.2. The minimum Gasteiger partial charge on any atom is -0.478 e. The number of carbonyl (C=O) groups is 1. The van der Waals surface area contributed by atoms with Crippen molar-refractivity contribution in [3.05, 3.63) is 58.3 Å². The van der Waals surface area contributed by atoms with Crippen molar-refractivity contribution in [3.8, 4) is 0 Å². The Morgan fingerprint density at radius 1 is 0.857 bits per heavy atom. The number of aromatic carboxylic acids is 1. The van der Waals surface area contributed by atoms with Crippen LogP contribution >= 0.6 is 0 Å². The third-order valence-electron chi connectivity index (χ3n) is 3.72. The van der Waals surface area contributed by atoms with Gasteiger partial charge in [-0.15, -0.1) is 0 Å². The van der Waals surface area contributed by atoms with Gasteiger partial charge in [-0.1, -0.05) is 24.3 Å². The highest BCUT2D eigenvalue weighted by atomic mass is 16.4. The van der Waals surface area contributed by atoms with Crippen LogP contribution in [0.1, 0.15) is 10.4 Å². The van der Waals surface area contributed by atoms with Crippen LogP contribution in [0, 0.1) is 0 Å². The molecule has 4 rings (SSSR count). The van der Waals surface area contributed by atoms with Crippen molar-refractivity contribution in [1.82, 2.24) is 9.97 Å². The number of hydrogen-bond donors (Lipinski definition) is 3. The number of carboxylic acid groups (broad SMARTS) is 1. The second-order valence-corrected chi connectivity index (χ2v) is 4.91. The molecule has 3 N–H and O–H groups in total. The van der Waals surface area contributed by atoms with Crippen molar-refractivity contribution in [2.45, 2.75) is 0 Å². The molecule has 0 bridgehead atoms. The van der Waals surface area contributed by atoms with Crippen LogP contribution < -0.4 is 5.43 Å². The molecule has 0 spiro atoms. The van der Waals surface area contributed by atoms with Gasteiger partial charge in [0.15, 0.2) is 0 Å². The first kappa shape index (κ1) is 11.7. The van der Waals surface area contributed by atoms with Crippen molar-refractivity contribution < 1.29 is 9.90 Å². The first-order valence-electron chi connectivity index (χ1n) is 6.45. The highest BCUT2D eigenvalue weighted by Gasteiger charge is 2.15. The summed E-state index contributed by atoms with van der Waals surface area (Å²) in [6.07, 6.45) is 0. The highest BCUT2D eigenvalue weighted by molar-refractivity contribution is 6.13. The van der Waals surface area contributed by atoms with Gasteiger partial charge in [0.25, 0.3) is 0 Å². The Kier molecular flexibility index (Phi) is 2.21. The van der Waals surface area contributed by atoms with Crippen LogP contribution in [0.25, 0.3) is 32.8 Å². The van der Waals surface area contributed by atoms with E-state index in [0.29, 0.717) is 27.3 Å². The van der Waals surface area contributed by atoms with Crippen LogP contribution in [-0.4, -0.2) is 21.0 Å². The molecule has 102 valence electrons. The monoisotopic (exact) mass is 278 g/mol. The molecule has 0 atom stereocenters. The molecule has 0 radical (unpaired) electrons. The number of nitrogens with one attached hydrogen (secondary N) is 2. The molecule has 4 aromatic rings. The number of benzene rings is 2. The topological polar surface area (TPSA) is 85.9 Å². The van der Waals surface area contributed by atoms with Crippen LogP contribution in [-0.2, 0) is 0 Å². The van der Waals surface area contributed by atoms with Crippen LogP contribution in [0.2, 0.25) is 0 Å². The Bertz CT molecular complexity index is 1090. The van der Waals surface area contributed by atoms with Crippen LogP contribution in [0.5, 0.6) is 0 Å². The predicted molar refractivity (Wildman–Crippen MR) is 80.9 cm³/mol. The summed E-state index contributed by atoms with van der Waals surface area (Å²) in [5.41, 5.74) is 2.25. The average Bonchev–Trinajstić information content (AvgIpc) is 2.86. The van der Waals surface area contributed by atoms with Gasteiger partial charge in [0.1, 0.15) is 5.52 Å². The number of aromatic nitrogens is 2. The Balaban J connectivity index is 2.30. The minimum absolute atomic E-state index is 0.133. The molecule has 0 unspecified atom stereocenters. The van der Waals surface area contributed by atoms with Gasteiger partial charge < -0.3 is 15.1 Å². The molecular formula is C16H10N2O3. The van der Waals surface area contributed by atoms with E-state index in [2.05, 4.69) is 9.97 Å². The lowest BCUT2D eigenvalue weighted by molar-refractivity contribution is 0.0699. The summed E-state index contributed by atoms with van der Waals surface area (Å²) >= 11 is 0. The summed E-state index contributed by atoms with van der Waals surface area (Å²) in [4.78, 5) is 30.0. The maximum absolute atomic E-state index is 12.5. The number of H-pyrrole nitrogens is 2. The smallest absolute Gasteiger partial charge is 0.337 e.